The number of nitrogens with zero attached hydrogens (tertiary/aromatic N) is 6. The molecule has 295 valence electrons. The third-order valence-corrected chi connectivity index (χ3v) is 12.3. The first-order valence-corrected chi connectivity index (χ1v) is 21.3. The number of carboxylic acid groups (broad SMARTS) is 1. The topological polar surface area (TPSA) is 341 Å². The smallest absolute Gasteiger partial charge is 0.340 e. The number of benzene rings is 5. The molecular weight excluding hydrogens is 852 g/mol. The standard InChI is InChI=1S/C33H26N8O12S4.Na/c1-3-54(44,45)20-12-8-18(9-13-20)36-39-29-26(33(42)43)30(28(35)31(27(29)34)41-37-19-10-14-21(15-11-19)55(46,47)4-2)40-38-24-17-16-22-23(32(24)57(51,52)53)6-5-7-25(22)56(48,49)50;/h3-17H,1-2,34-35H2,(H,42,43)(H,48,49,50)(H,51,52,53);. The van der Waals surface area contributed by atoms with Gasteiger partial charge in [-0.15, -0.1) is 20.5 Å². The molecule has 5 rings (SSSR count). The van der Waals surface area contributed by atoms with Crippen LogP contribution in [0.25, 0.3) is 10.8 Å². The number of hydrogen-bond acceptors (Lipinski definition) is 17. The number of sulfone groups is 2. The zero-order valence-electron chi connectivity index (χ0n) is 29.6. The van der Waals surface area contributed by atoms with E-state index in [9.17, 15) is 52.7 Å². The molecule has 58 heavy (non-hydrogen) atoms. The fourth-order valence-electron chi connectivity index (χ4n) is 5.05. The predicted molar refractivity (Wildman–Crippen MR) is 212 cm³/mol. The van der Waals surface area contributed by atoms with Crippen molar-refractivity contribution in [1.29, 1.82) is 0 Å². The molecule has 1 radical (unpaired) electrons. The van der Waals surface area contributed by atoms with E-state index in [1.54, 1.807) is 0 Å². The summed E-state index contributed by atoms with van der Waals surface area (Å²) in [6.07, 6.45) is 0. The summed E-state index contributed by atoms with van der Waals surface area (Å²) in [5, 5.41) is 34.7. The first-order chi connectivity index (χ1) is 26.6. The largest absolute Gasteiger partial charge is 0.478 e. The van der Waals surface area contributed by atoms with Crippen LogP contribution in [0.3, 0.4) is 0 Å². The monoisotopic (exact) mass is 877 g/mol. The van der Waals surface area contributed by atoms with Crippen LogP contribution >= 0.6 is 0 Å². The number of rotatable bonds is 13. The molecule has 0 spiro atoms. The second-order valence-electron chi connectivity index (χ2n) is 11.3. The maximum Gasteiger partial charge on any atom is 0.340 e. The Hall–Kier alpha value is -5.57. The van der Waals surface area contributed by atoms with Gasteiger partial charge in [-0.2, -0.15) is 27.1 Å². The van der Waals surface area contributed by atoms with Crippen molar-refractivity contribution in [2.75, 3.05) is 11.5 Å². The van der Waals surface area contributed by atoms with Crippen LogP contribution in [0.15, 0.2) is 153 Å². The van der Waals surface area contributed by atoms with Crippen LogP contribution in [0.5, 0.6) is 0 Å². The zero-order valence-corrected chi connectivity index (χ0v) is 34.8. The van der Waals surface area contributed by atoms with Gasteiger partial charge in [0.25, 0.3) is 20.2 Å². The average molecular weight is 878 g/mol. The third kappa shape index (κ3) is 9.41. The van der Waals surface area contributed by atoms with Gasteiger partial charge >= 0.3 is 5.97 Å². The molecule has 0 fully saturated rings. The van der Waals surface area contributed by atoms with E-state index in [1.807, 2.05) is 0 Å². The van der Waals surface area contributed by atoms with Gasteiger partial charge in [-0.25, -0.2) is 21.6 Å². The van der Waals surface area contributed by atoms with Crippen LogP contribution in [-0.2, 0) is 39.9 Å². The number of nitrogens with two attached hydrogens (primary N) is 2. The van der Waals surface area contributed by atoms with Crippen LogP contribution in [0.4, 0.5) is 45.5 Å². The second kappa shape index (κ2) is 17.1. The van der Waals surface area contributed by atoms with Gasteiger partial charge in [-0.3, -0.25) is 9.11 Å². The molecule has 20 nitrogen and oxygen atoms in total. The van der Waals surface area contributed by atoms with Crippen LogP contribution in [-0.4, -0.2) is 83.4 Å². The SMILES string of the molecule is C=CS(=O)(=O)c1ccc(N=Nc2c(N)c(N=Nc3ccc(S(=O)(=O)C=C)cc3)c(C(=O)O)c(N=Nc3ccc4c(S(=O)(=O)O)cccc4c3S(=O)(=O)O)c2N)cc1.[Na]. The normalized spacial score (nSPS) is 12.6. The molecule has 0 saturated heterocycles. The van der Waals surface area contributed by atoms with Gasteiger partial charge in [0, 0.05) is 51.1 Å². The molecule has 0 amide bonds. The number of nitrogen functional groups attached to an aromatic ring is 2. The number of aromatic carboxylic acids is 1. The summed E-state index contributed by atoms with van der Waals surface area (Å²) >= 11 is 0. The summed E-state index contributed by atoms with van der Waals surface area (Å²) in [7, 11) is -17.7. The van der Waals surface area contributed by atoms with Gasteiger partial charge in [-0.1, -0.05) is 31.4 Å². The molecule has 5 aromatic carbocycles. The third-order valence-electron chi connectivity index (χ3n) is 7.75. The minimum absolute atomic E-state index is 0. The molecule has 0 saturated carbocycles. The van der Waals surface area contributed by atoms with Gasteiger partial charge < -0.3 is 16.6 Å². The van der Waals surface area contributed by atoms with Crippen LogP contribution in [0.2, 0.25) is 0 Å². The molecule has 0 aromatic heterocycles. The first-order valence-electron chi connectivity index (χ1n) is 15.3. The molecule has 5 aromatic rings. The number of carbonyl (C=O) groups is 1. The number of carboxylic acids is 1. The summed E-state index contributed by atoms with van der Waals surface area (Å²) in [6.45, 7) is 6.51. The Morgan fingerprint density at radius 1 is 0.569 bits per heavy atom. The maximum atomic E-state index is 12.8. The summed E-state index contributed by atoms with van der Waals surface area (Å²) in [5.41, 5.74) is 8.23. The number of fused-ring (bicyclic) bond motifs is 1. The summed E-state index contributed by atoms with van der Waals surface area (Å²) < 4.78 is 118. The van der Waals surface area contributed by atoms with Crippen LogP contribution in [0.1, 0.15) is 10.4 Å². The Labute approximate surface area is 352 Å². The average Bonchev–Trinajstić information content (AvgIpc) is 3.15. The quantitative estimate of drug-likeness (QED) is 0.0348. The summed E-state index contributed by atoms with van der Waals surface area (Å²) in [5.74, 6) is -1.77. The fourth-order valence-corrected chi connectivity index (χ4v) is 8.00. The molecule has 0 heterocycles. The van der Waals surface area contributed by atoms with E-state index < -0.39 is 101 Å². The molecule has 0 atom stereocenters. The predicted octanol–water partition coefficient (Wildman–Crippen LogP) is 6.90. The van der Waals surface area contributed by atoms with Gasteiger partial charge in [-0.05, 0) is 60.7 Å². The Morgan fingerprint density at radius 3 is 1.43 bits per heavy atom. The van der Waals surface area contributed by atoms with Gasteiger partial charge in [0.15, 0.2) is 19.7 Å². The van der Waals surface area contributed by atoms with Crippen molar-refractivity contribution in [3.8, 4) is 0 Å². The van der Waals surface area contributed by atoms with Crippen LogP contribution in [0, 0.1) is 0 Å². The van der Waals surface area contributed by atoms with E-state index in [-0.39, 0.29) is 56.1 Å². The molecule has 0 aliphatic rings. The maximum absolute atomic E-state index is 12.8. The van der Waals surface area contributed by atoms with Crippen molar-refractivity contribution in [3.05, 3.63) is 108 Å². The van der Waals surface area contributed by atoms with E-state index >= 15 is 0 Å². The van der Waals surface area contributed by atoms with Crippen molar-refractivity contribution >= 4 is 132 Å². The number of anilines is 2. The Bertz CT molecular complexity index is 3070. The van der Waals surface area contributed by atoms with Crippen LogP contribution < -0.4 is 11.5 Å². The Balaban J connectivity index is 0.00000744. The number of azo groups is 3. The van der Waals surface area contributed by atoms with Crippen molar-refractivity contribution < 1.29 is 52.7 Å². The van der Waals surface area contributed by atoms with Gasteiger partial charge in [0.05, 0.1) is 32.5 Å². The van der Waals surface area contributed by atoms with Crippen molar-refractivity contribution in [2.24, 2.45) is 30.7 Å². The van der Waals surface area contributed by atoms with E-state index in [4.69, 9.17) is 11.5 Å². The minimum Gasteiger partial charge on any atom is -0.478 e. The molecule has 7 N–H and O–H groups in total. The molecule has 0 aliphatic carbocycles. The minimum atomic E-state index is -5.24. The zero-order chi connectivity index (χ0) is 42.1. The van der Waals surface area contributed by atoms with Crippen molar-refractivity contribution in [3.63, 3.8) is 0 Å². The molecule has 0 aliphatic heterocycles. The molecule has 0 unspecified atom stereocenters. The van der Waals surface area contributed by atoms with E-state index in [1.165, 1.54) is 48.5 Å². The summed E-state index contributed by atoms with van der Waals surface area (Å²) in [4.78, 5) is 10.9. The van der Waals surface area contributed by atoms with E-state index in [2.05, 4.69) is 43.8 Å². The van der Waals surface area contributed by atoms with Crippen molar-refractivity contribution in [2.45, 2.75) is 19.6 Å². The fraction of sp³-hybridized carbons (Fsp3) is 0. The molecule has 25 heteroatoms. The second-order valence-corrected chi connectivity index (χ2v) is 17.8. The Morgan fingerprint density at radius 2 is 1.02 bits per heavy atom. The Kier molecular flexibility index (Phi) is 13.3. The van der Waals surface area contributed by atoms with Gasteiger partial charge in [0.1, 0.15) is 38.1 Å². The van der Waals surface area contributed by atoms with E-state index in [0.29, 0.717) is 0 Å². The van der Waals surface area contributed by atoms with Crippen molar-refractivity contribution in [1.82, 2.24) is 0 Å². The summed E-state index contributed by atoms with van der Waals surface area (Å²) in [6, 6.07) is 14.8. The first kappa shape index (κ1) is 45.1. The molecular formula is C33H26N8NaO12S4. The van der Waals surface area contributed by atoms with E-state index in [0.717, 1.165) is 41.1 Å². The number of hydrogen-bond donors (Lipinski definition) is 5. The molecule has 0 bridgehead atoms. The van der Waals surface area contributed by atoms with Gasteiger partial charge in [0.2, 0.25) is 0 Å².